The predicted molar refractivity (Wildman–Crippen MR) is 347 cm³/mol. The Kier molecular flexibility index (Phi) is 20.5. The van der Waals surface area contributed by atoms with Gasteiger partial charge < -0.3 is 36.3 Å². The van der Waals surface area contributed by atoms with E-state index in [2.05, 4.69) is 41.5 Å². The summed E-state index contributed by atoms with van der Waals surface area (Å²) in [5.41, 5.74) is -7.40. The maximum absolute atomic E-state index is 18.4. The number of hydrogen-bond donors (Lipinski definition) is 0. The van der Waals surface area contributed by atoms with Crippen LogP contribution in [0.1, 0.15) is 161 Å². The average molecular weight is 1230 g/mol. The molecular weight excluding hydrogens is 1130 g/mol. The van der Waals surface area contributed by atoms with Crippen molar-refractivity contribution in [3.05, 3.63) is 143 Å². The van der Waals surface area contributed by atoms with Crippen LogP contribution in [0, 0.1) is 23.3 Å². The third-order valence-electron chi connectivity index (χ3n) is 21.4. The van der Waals surface area contributed by atoms with Crippen molar-refractivity contribution in [3.63, 3.8) is 0 Å². The molecule has 7 rings (SSSR count). The van der Waals surface area contributed by atoms with E-state index in [0.717, 1.165) is 58.3 Å². The lowest BCUT2D eigenvalue weighted by Gasteiger charge is -2.47. The van der Waals surface area contributed by atoms with Crippen molar-refractivity contribution >= 4 is 58.4 Å². The second-order valence-electron chi connectivity index (χ2n) is 26.3. The fourth-order valence-electron chi connectivity index (χ4n) is 12.8. The van der Waals surface area contributed by atoms with E-state index in [1.807, 2.05) is 145 Å². The van der Waals surface area contributed by atoms with Gasteiger partial charge in [-0.15, -0.1) is 0 Å². The first-order valence-corrected chi connectivity index (χ1v) is 41.9. The second kappa shape index (κ2) is 25.1. The summed E-state index contributed by atoms with van der Waals surface area (Å²) in [4.78, 5) is 0. The number of hydrogen-bond acceptors (Lipinski definition) is 8. The zero-order valence-electron chi connectivity index (χ0n) is 54.7. The van der Waals surface area contributed by atoms with E-state index in [9.17, 15) is 0 Å². The lowest BCUT2D eigenvalue weighted by molar-refractivity contribution is 0.00578. The highest BCUT2D eigenvalue weighted by Crippen LogP contribution is 2.52. The van der Waals surface area contributed by atoms with E-state index >= 15 is 17.6 Å². The van der Waals surface area contributed by atoms with Gasteiger partial charge in [-0.25, -0.2) is 17.6 Å². The Labute approximate surface area is 508 Å². The minimum Gasteiger partial charge on any atom is -0.401 e. The Hall–Kier alpha value is -2.98. The molecular formula is C66H100B2F4O8Si4. The molecule has 462 valence electrons. The highest BCUT2D eigenvalue weighted by atomic mass is 28.4. The normalized spacial score (nSPS) is 25.6. The summed E-state index contributed by atoms with van der Waals surface area (Å²) < 4.78 is 129. The monoisotopic (exact) mass is 1230 g/mol. The third-order valence-corrected chi connectivity index (χ3v) is 40.0. The molecule has 0 spiro atoms. The lowest BCUT2D eigenvalue weighted by atomic mass is 9.76. The van der Waals surface area contributed by atoms with E-state index < -0.39 is 127 Å². The fourth-order valence-corrected chi connectivity index (χ4v) is 24.4. The molecule has 0 radical (unpaired) electrons. The molecule has 2 fully saturated rings. The Balaban J connectivity index is 1.43. The van der Waals surface area contributed by atoms with Crippen molar-refractivity contribution in [3.8, 4) is 0 Å². The van der Waals surface area contributed by atoms with Crippen molar-refractivity contribution in [2.45, 2.75) is 256 Å². The molecule has 0 atom stereocenters. The van der Waals surface area contributed by atoms with Gasteiger partial charge in [-0.1, -0.05) is 132 Å². The van der Waals surface area contributed by atoms with E-state index in [1.54, 1.807) is 48.6 Å². The number of benzene rings is 3. The molecule has 0 bridgehead atoms. The molecule has 2 saturated heterocycles. The fraction of sp³-hybridized carbons (Fsp3) is 0.606. The first-order chi connectivity index (χ1) is 39.3. The largest absolute Gasteiger partial charge is 0.494 e. The summed E-state index contributed by atoms with van der Waals surface area (Å²) in [7, 11) is -12.0. The number of rotatable bonds is 26. The summed E-state index contributed by atoms with van der Waals surface area (Å²) in [5.74, 6) is -6.20. The van der Waals surface area contributed by atoms with Crippen LogP contribution in [-0.2, 0) is 58.7 Å². The van der Waals surface area contributed by atoms with Crippen molar-refractivity contribution in [1.82, 2.24) is 0 Å². The molecule has 8 nitrogen and oxygen atoms in total. The molecule has 18 heteroatoms. The topological polar surface area (TPSA) is 73.8 Å². The standard InChI is InChI=1S/C66H100B2F4O8Si4/c1-21-81(22-2,23-3)77-63(49-33-37-51(38-34-49)67-73-59(13,14)60(15,16)74-67)41-45-65(46-42-63,79-83(27-7,28-8)29-9)53-55(69)57(71)54(58(72)56(53)70)66(80-84(30-10,31-11)32-12)47-43-64(44-48-66,78-82(24-4,25-5)26-6)50-35-39-52(40-36-50)68-75-61(17,18)62(19,20)76-68/h33-48H,21-32H2,1-20H3. The molecule has 84 heavy (non-hydrogen) atoms. The summed E-state index contributed by atoms with van der Waals surface area (Å²) in [6.07, 6.45) is 13.6. The van der Waals surface area contributed by atoms with E-state index in [1.165, 1.54) is 0 Å². The molecule has 0 saturated carbocycles. The summed E-state index contributed by atoms with van der Waals surface area (Å²) >= 11 is 0. The highest BCUT2D eigenvalue weighted by Gasteiger charge is 2.56. The minimum absolute atomic E-state index is 0.550. The molecule has 2 aliphatic heterocycles. The van der Waals surface area contributed by atoms with Gasteiger partial charge in [-0.3, -0.25) is 0 Å². The minimum atomic E-state index is -2.90. The molecule has 0 N–H and O–H groups in total. The molecule has 3 aromatic carbocycles. The van der Waals surface area contributed by atoms with Crippen molar-refractivity contribution in [1.29, 1.82) is 0 Å². The smallest absolute Gasteiger partial charge is 0.401 e. The third kappa shape index (κ3) is 12.1. The average Bonchev–Trinajstić information content (AvgIpc) is 4.02. The quantitative estimate of drug-likeness (QED) is 0.0341. The van der Waals surface area contributed by atoms with Crippen LogP contribution in [0.4, 0.5) is 17.6 Å². The van der Waals surface area contributed by atoms with Crippen LogP contribution in [0.2, 0.25) is 72.5 Å². The molecule has 0 unspecified atom stereocenters. The Bertz CT molecular complexity index is 2600. The van der Waals surface area contributed by atoms with Crippen LogP contribution >= 0.6 is 0 Å². The molecule has 3 aromatic rings. The summed E-state index contributed by atoms with van der Waals surface area (Å²) in [6.45, 7) is 41.1. The van der Waals surface area contributed by atoms with Crippen molar-refractivity contribution in [2.75, 3.05) is 0 Å². The van der Waals surface area contributed by atoms with Gasteiger partial charge in [0.15, 0.2) is 56.5 Å². The number of halogens is 4. The molecule has 2 aliphatic carbocycles. The van der Waals surface area contributed by atoms with Gasteiger partial charge in [0.25, 0.3) is 0 Å². The molecule has 0 aromatic heterocycles. The van der Waals surface area contributed by atoms with Gasteiger partial charge in [-0.05, 0) is 199 Å². The molecule has 4 aliphatic rings. The maximum atomic E-state index is 18.4. The van der Waals surface area contributed by atoms with Gasteiger partial charge in [0.05, 0.1) is 33.5 Å². The van der Waals surface area contributed by atoms with Crippen molar-refractivity contribution < 1.29 is 53.9 Å². The van der Waals surface area contributed by atoms with Gasteiger partial charge in [0, 0.05) is 0 Å². The van der Waals surface area contributed by atoms with Gasteiger partial charge in [0.1, 0.15) is 22.4 Å². The first kappa shape index (κ1) is 68.5. The molecule has 2 heterocycles. The zero-order valence-corrected chi connectivity index (χ0v) is 58.7. The van der Waals surface area contributed by atoms with Crippen LogP contribution in [0.25, 0.3) is 0 Å². The van der Waals surface area contributed by atoms with Gasteiger partial charge >= 0.3 is 14.2 Å². The Morgan fingerprint density at radius 3 is 0.679 bits per heavy atom. The Morgan fingerprint density at radius 2 is 0.488 bits per heavy atom. The van der Waals surface area contributed by atoms with Gasteiger partial charge in [0.2, 0.25) is 0 Å². The van der Waals surface area contributed by atoms with Crippen LogP contribution in [0.15, 0.2) is 97.1 Å². The lowest BCUT2D eigenvalue weighted by Crippen LogP contribution is -2.50. The summed E-state index contributed by atoms with van der Waals surface area (Å²) in [6, 6.07) is 24.1. The van der Waals surface area contributed by atoms with E-state index in [0.29, 0.717) is 36.3 Å². The van der Waals surface area contributed by atoms with Crippen LogP contribution < -0.4 is 10.9 Å². The van der Waals surface area contributed by atoms with Gasteiger partial charge in [-0.2, -0.15) is 0 Å². The first-order valence-electron chi connectivity index (χ1n) is 31.7. The highest BCUT2D eigenvalue weighted by molar-refractivity contribution is 6.75. The van der Waals surface area contributed by atoms with Crippen LogP contribution in [-0.4, -0.2) is 69.9 Å². The second-order valence-corrected chi connectivity index (χ2v) is 45.1. The van der Waals surface area contributed by atoms with Crippen molar-refractivity contribution in [2.24, 2.45) is 0 Å². The maximum Gasteiger partial charge on any atom is 0.494 e. The van der Waals surface area contributed by atoms with Crippen LogP contribution in [0.3, 0.4) is 0 Å². The van der Waals surface area contributed by atoms with E-state index in [4.69, 9.17) is 36.3 Å². The SMILES string of the molecule is CC[Si](CC)(CC)OC1(c2ccc(B3OC(C)(C)C(C)(C)O3)cc2)C=CC(O[Si](CC)(CC)CC)(c2c(F)c(F)c(C3(O[Si](CC)(CC)CC)C=CC(O[Si](CC)(CC)CC)(c4ccc(B5OC(C)(C)C(C)(C)O5)cc4)C=C3)c(F)c2F)C=C1. The summed E-state index contributed by atoms with van der Waals surface area (Å²) in [5, 5.41) is 0. The zero-order chi connectivity index (χ0) is 62.4. The van der Waals surface area contributed by atoms with Crippen LogP contribution in [0.5, 0.6) is 0 Å². The van der Waals surface area contributed by atoms with E-state index in [-0.39, 0.29) is 0 Å². The molecule has 0 amide bonds. The Morgan fingerprint density at radius 1 is 0.310 bits per heavy atom. The predicted octanol–water partition coefficient (Wildman–Crippen LogP) is 17.4.